The molecule has 18 heavy (non-hydrogen) atoms. The van der Waals surface area contributed by atoms with Gasteiger partial charge in [-0.3, -0.25) is 0 Å². The van der Waals surface area contributed by atoms with Crippen molar-refractivity contribution in [2.24, 2.45) is 0 Å². The summed E-state index contributed by atoms with van der Waals surface area (Å²) in [5.41, 5.74) is 1.96. The molecule has 0 atom stereocenters. The van der Waals surface area contributed by atoms with Crippen molar-refractivity contribution in [3.8, 4) is 0 Å². The first-order valence-electron chi connectivity index (χ1n) is 5.67. The summed E-state index contributed by atoms with van der Waals surface area (Å²) < 4.78 is 0. The fourth-order valence-electron chi connectivity index (χ4n) is 1.84. The Balaban J connectivity index is 1.96. The number of aromatic amines is 1. The maximum Gasteiger partial charge on any atom is 0.108 e. The molecule has 0 fully saturated rings. The lowest BCUT2D eigenvalue weighted by atomic mass is 10.3. The van der Waals surface area contributed by atoms with Gasteiger partial charge >= 0.3 is 0 Å². The monoisotopic (exact) mass is 256 g/mol. The molecule has 2 aromatic heterocycles. The highest BCUT2D eigenvalue weighted by Crippen LogP contribution is 2.30. The van der Waals surface area contributed by atoms with Gasteiger partial charge in [0.1, 0.15) is 5.03 Å². The van der Waals surface area contributed by atoms with Crippen molar-refractivity contribution in [1.82, 2.24) is 9.97 Å². The highest BCUT2D eigenvalue weighted by Gasteiger charge is 2.07. The van der Waals surface area contributed by atoms with Crippen LogP contribution < -0.4 is 0 Å². The Labute approximate surface area is 109 Å². The molecule has 0 aliphatic heterocycles. The zero-order valence-electron chi connectivity index (χ0n) is 9.63. The van der Waals surface area contributed by atoms with E-state index in [1.54, 1.807) is 6.20 Å². The number of hydrogen-bond acceptors (Lipinski definition) is 3. The average Bonchev–Trinajstić information content (AvgIpc) is 2.81. The smallest absolute Gasteiger partial charge is 0.108 e. The van der Waals surface area contributed by atoms with Crippen molar-refractivity contribution >= 4 is 22.7 Å². The van der Waals surface area contributed by atoms with Gasteiger partial charge in [0.2, 0.25) is 0 Å². The van der Waals surface area contributed by atoms with Gasteiger partial charge in [-0.15, -0.1) is 0 Å². The number of aromatic nitrogens is 2. The summed E-state index contributed by atoms with van der Waals surface area (Å²) in [6.45, 7) is 0.0103. The second-order valence-electron chi connectivity index (χ2n) is 3.95. The lowest BCUT2D eigenvalue weighted by Crippen LogP contribution is -1.89. The van der Waals surface area contributed by atoms with Crippen LogP contribution in [0.25, 0.3) is 10.9 Å². The fraction of sp³-hybridized carbons (Fsp3) is 0.0714. The van der Waals surface area contributed by atoms with Gasteiger partial charge < -0.3 is 10.1 Å². The van der Waals surface area contributed by atoms with Crippen molar-refractivity contribution in [2.75, 3.05) is 0 Å². The number of hydrogen-bond donors (Lipinski definition) is 2. The lowest BCUT2D eigenvalue weighted by molar-refractivity contribution is 0.278. The van der Waals surface area contributed by atoms with E-state index in [0.29, 0.717) is 0 Å². The minimum Gasteiger partial charge on any atom is -0.392 e. The first-order valence-corrected chi connectivity index (χ1v) is 6.49. The first-order chi connectivity index (χ1) is 8.86. The number of nitrogens with zero attached hydrogens (tertiary/aromatic N) is 1. The van der Waals surface area contributed by atoms with Crippen molar-refractivity contribution in [3.05, 3.63) is 54.2 Å². The minimum atomic E-state index is 0.0103. The van der Waals surface area contributed by atoms with E-state index in [-0.39, 0.29) is 6.61 Å². The second-order valence-corrected chi connectivity index (χ2v) is 4.98. The zero-order chi connectivity index (χ0) is 12.4. The van der Waals surface area contributed by atoms with Crippen LogP contribution in [0.1, 0.15) is 5.56 Å². The number of rotatable bonds is 3. The largest absolute Gasteiger partial charge is 0.392 e. The molecule has 3 aromatic rings. The molecule has 1 aromatic carbocycles. The molecule has 0 radical (unpaired) electrons. The van der Waals surface area contributed by atoms with Gasteiger partial charge in [-0.2, -0.15) is 0 Å². The van der Waals surface area contributed by atoms with Gasteiger partial charge in [0.25, 0.3) is 0 Å². The molecular formula is C14H12N2OS. The van der Waals surface area contributed by atoms with E-state index < -0.39 is 0 Å². The van der Waals surface area contributed by atoms with Gasteiger partial charge in [0, 0.05) is 22.7 Å². The standard InChI is InChI=1S/C14H12N2OS/c17-9-11-5-3-7-15-14(11)18-13-8-10-4-1-2-6-12(10)16-13/h1-8,16-17H,9H2. The molecule has 0 spiro atoms. The predicted octanol–water partition coefficient (Wildman–Crippen LogP) is 3.21. The number of benzene rings is 1. The number of pyridine rings is 1. The van der Waals surface area contributed by atoms with Gasteiger partial charge in [-0.05, 0) is 18.2 Å². The Morgan fingerprint density at radius 2 is 2.06 bits per heavy atom. The van der Waals surface area contributed by atoms with Crippen LogP contribution in [-0.4, -0.2) is 15.1 Å². The summed E-state index contributed by atoms with van der Waals surface area (Å²) >= 11 is 1.54. The molecule has 0 unspecified atom stereocenters. The molecule has 0 aliphatic rings. The average molecular weight is 256 g/mol. The Kier molecular flexibility index (Phi) is 3.04. The van der Waals surface area contributed by atoms with E-state index >= 15 is 0 Å². The van der Waals surface area contributed by atoms with Crippen molar-refractivity contribution in [3.63, 3.8) is 0 Å². The molecular weight excluding hydrogens is 244 g/mol. The molecule has 4 heteroatoms. The van der Waals surface area contributed by atoms with Gasteiger partial charge in [0.15, 0.2) is 0 Å². The van der Waals surface area contributed by atoms with Crippen molar-refractivity contribution in [2.45, 2.75) is 16.7 Å². The predicted molar refractivity (Wildman–Crippen MR) is 72.6 cm³/mol. The summed E-state index contributed by atoms with van der Waals surface area (Å²) in [6, 6.07) is 14.0. The third-order valence-corrected chi connectivity index (χ3v) is 3.73. The molecule has 3 rings (SSSR count). The number of nitrogens with one attached hydrogen (secondary N) is 1. The van der Waals surface area contributed by atoms with Crippen LogP contribution in [0.5, 0.6) is 0 Å². The molecule has 0 saturated carbocycles. The van der Waals surface area contributed by atoms with Crippen LogP contribution in [0.15, 0.2) is 58.7 Å². The molecule has 0 amide bonds. The van der Waals surface area contributed by atoms with Gasteiger partial charge in [-0.1, -0.05) is 36.0 Å². The molecule has 0 saturated heterocycles. The van der Waals surface area contributed by atoms with Crippen LogP contribution in [0.4, 0.5) is 0 Å². The molecule has 3 nitrogen and oxygen atoms in total. The van der Waals surface area contributed by atoms with E-state index in [2.05, 4.69) is 22.1 Å². The van der Waals surface area contributed by atoms with Gasteiger partial charge in [0.05, 0.1) is 11.6 Å². The summed E-state index contributed by atoms with van der Waals surface area (Å²) in [4.78, 5) is 7.63. The maximum atomic E-state index is 9.27. The summed E-state index contributed by atoms with van der Waals surface area (Å²) in [5.74, 6) is 0. The third-order valence-electron chi connectivity index (χ3n) is 2.73. The molecule has 2 heterocycles. The number of aliphatic hydroxyl groups excluding tert-OH is 1. The zero-order valence-corrected chi connectivity index (χ0v) is 10.4. The number of fused-ring (bicyclic) bond motifs is 1. The fourth-order valence-corrected chi connectivity index (χ4v) is 2.77. The molecule has 90 valence electrons. The lowest BCUT2D eigenvalue weighted by Gasteiger charge is -2.03. The maximum absolute atomic E-state index is 9.27. The van der Waals surface area contributed by atoms with E-state index in [1.165, 1.54) is 17.1 Å². The SMILES string of the molecule is OCc1cccnc1Sc1cc2ccccc2[nH]1. The van der Waals surface area contributed by atoms with Crippen molar-refractivity contribution < 1.29 is 5.11 Å². The van der Waals surface area contributed by atoms with E-state index in [0.717, 1.165) is 21.1 Å². The highest BCUT2D eigenvalue weighted by molar-refractivity contribution is 7.99. The van der Waals surface area contributed by atoms with E-state index in [1.807, 2.05) is 30.3 Å². The Bertz CT molecular complexity index is 645. The highest BCUT2D eigenvalue weighted by atomic mass is 32.2. The van der Waals surface area contributed by atoms with Gasteiger partial charge in [-0.25, -0.2) is 4.98 Å². The summed E-state index contributed by atoms with van der Waals surface area (Å²) in [7, 11) is 0. The second kappa shape index (κ2) is 4.84. The summed E-state index contributed by atoms with van der Waals surface area (Å²) in [6.07, 6.45) is 1.74. The number of aliphatic hydroxyl groups is 1. The van der Waals surface area contributed by atoms with Crippen LogP contribution in [-0.2, 0) is 6.61 Å². The number of H-pyrrole nitrogens is 1. The third kappa shape index (κ3) is 2.12. The van der Waals surface area contributed by atoms with Crippen LogP contribution in [0.2, 0.25) is 0 Å². The normalized spacial score (nSPS) is 10.9. The van der Waals surface area contributed by atoms with E-state index in [4.69, 9.17) is 0 Å². The first kappa shape index (κ1) is 11.3. The van der Waals surface area contributed by atoms with Crippen LogP contribution in [0.3, 0.4) is 0 Å². The van der Waals surface area contributed by atoms with Crippen molar-refractivity contribution in [1.29, 1.82) is 0 Å². The quantitative estimate of drug-likeness (QED) is 0.756. The Morgan fingerprint density at radius 3 is 2.89 bits per heavy atom. The Morgan fingerprint density at radius 1 is 1.17 bits per heavy atom. The van der Waals surface area contributed by atoms with E-state index in [9.17, 15) is 5.11 Å². The summed E-state index contributed by atoms with van der Waals surface area (Å²) in [5, 5.41) is 12.3. The van der Waals surface area contributed by atoms with Crippen LogP contribution in [0, 0.1) is 0 Å². The van der Waals surface area contributed by atoms with Crippen LogP contribution >= 0.6 is 11.8 Å². The molecule has 0 aliphatic carbocycles. The molecule has 0 bridgehead atoms. The Hall–Kier alpha value is -1.78. The topological polar surface area (TPSA) is 48.9 Å². The minimum absolute atomic E-state index is 0.0103. The molecule has 2 N–H and O–H groups in total. The number of para-hydroxylation sites is 1.